The fourth-order valence-electron chi connectivity index (χ4n) is 1.92. The molecule has 0 spiro atoms. The first-order valence-corrected chi connectivity index (χ1v) is 7.74. The molecular weight excluding hydrogens is 270 g/mol. The number of nitrogen functional groups attached to an aromatic ring is 1. The monoisotopic (exact) mass is 289 g/mol. The summed E-state index contributed by atoms with van der Waals surface area (Å²) >= 11 is 1.48. The summed E-state index contributed by atoms with van der Waals surface area (Å²) < 4.78 is 0. The topological polar surface area (TPSA) is 75.9 Å². The van der Waals surface area contributed by atoms with Crippen molar-refractivity contribution in [2.45, 2.75) is 24.9 Å². The minimum Gasteiger partial charge on any atom is -0.340 e. The average Bonchev–Trinajstić information content (AvgIpc) is 2.49. The van der Waals surface area contributed by atoms with Crippen LogP contribution in [0.1, 0.15) is 18.9 Å². The number of hydrazine groups is 1. The van der Waals surface area contributed by atoms with Crippen LogP contribution in [-0.4, -0.2) is 16.2 Å². The average molecular weight is 289 g/mol. The number of nitrogens with one attached hydrogen (secondary N) is 2. The molecule has 2 rings (SSSR count). The number of aromatic nitrogens is 2. The Kier molecular flexibility index (Phi) is 5.20. The predicted molar refractivity (Wildman–Crippen MR) is 85.3 cm³/mol. The molecule has 0 saturated carbocycles. The molecule has 0 saturated heterocycles. The van der Waals surface area contributed by atoms with Gasteiger partial charge in [0, 0.05) is 11.8 Å². The van der Waals surface area contributed by atoms with E-state index in [2.05, 4.69) is 45.8 Å². The Hall–Kier alpha value is -1.79. The molecule has 0 unspecified atom stereocenters. The fraction of sp³-hybridized carbons (Fsp3) is 0.286. The third-order valence-electron chi connectivity index (χ3n) is 2.84. The van der Waals surface area contributed by atoms with Gasteiger partial charge >= 0.3 is 0 Å². The zero-order valence-corrected chi connectivity index (χ0v) is 12.5. The van der Waals surface area contributed by atoms with Crippen molar-refractivity contribution in [2.24, 2.45) is 5.84 Å². The van der Waals surface area contributed by atoms with Gasteiger partial charge in [-0.15, -0.1) is 0 Å². The maximum Gasteiger partial charge on any atom is 0.191 e. The van der Waals surface area contributed by atoms with Gasteiger partial charge in [0.2, 0.25) is 0 Å². The second-order valence-electron chi connectivity index (χ2n) is 4.30. The van der Waals surface area contributed by atoms with E-state index in [4.69, 9.17) is 5.84 Å². The lowest BCUT2D eigenvalue weighted by Gasteiger charge is -2.12. The molecule has 2 aromatic rings. The highest BCUT2D eigenvalue weighted by molar-refractivity contribution is 7.98. The van der Waals surface area contributed by atoms with E-state index >= 15 is 0 Å². The predicted octanol–water partition coefficient (Wildman–Crippen LogP) is 3.18. The molecule has 1 heterocycles. The van der Waals surface area contributed by atoms with E-state index in [-0.39, 0.29) is 0 Å². The van der Waals surface area contributed by atoms with Gasteiger partial charge in [0.05, 0.1) is 0 Å². The lowest BCUT2D eigenvalue weighted by molar-refractivity contribution is 0.921. The second-order valence-corrected chi connectivity index (χ2v) is 5.08. The van der Waals surface area contributed by atoms with Crippen LogP contribution < -0.4 is 16.6 Å². The van der Waals surface area contributed by atoms with Crippen LogP contribution >= 0.6 is 11.8 Å². The van der Waals surface area contributed by atoms with E-state index in [1.807, 2.05) is 12.3 Å². The fourth-order valence-corrected chi connectivity index (χ4v) is 2.30. The van der Waals surface area contributed by atoms with Crippen LogP contribution in [-0.2, 0) is 6.42 Å². The summed E-state index contributed by atoms with van der Waals surface area (Å²) in [7, 11) is 0. The van der Waals surface area contributed by atoms with Crippen molar-refractivity contribution < 1.29 is 0 Å². The molecule has 6 heteroatoms. The Balaban J connectivity index is 2.29. The van der Waals surface area contributed by atoms with Gasteiger partial charge < -0.3 is 10.7 Å². The number of para-hydroxylation sites is 1. The molecule has 106 valence electrons. The van der Waals surface area contributed by atoms with Crippen molar-refractivity contribution in [3.05, 3.63) is 35.9 Å². The van der Waals surface area contributed by atoms with E-state index in [9.17, 15) is 0 Å². The molecular formula is C14H19N5S. The number of aryl methyl sites for hydroxylation is 1. The van der Waals surface area contributed by atoms with Crippen molar-refractivity contribution in [1.29, 1.82) is 0 Å². The Morgan fingerprint density at radius 2 is 1.95 bits per heavy atom. The Labute approximate surface area is 123 Å². The van der Waals surface area contributed by atoms with Crippen LogP contribution in [0.5, 0.6) is 0 Å². The van der Waals surface area contributed by atoms with E-state index < -0.39 is 0 Å². The summed E-state index contributed by atoms with van der Waals surface area (Å²) in [6, 6.07) is 10.0. The van der Waals surface area contributed by atoms with Crippen molar-refractivity contribution >= 4 is 29.1 Å². The number of hydrogen-bond donors (Lipinski definition) is 3. The number of rotatable bonds is 6. The largest absolute Gasteiger partial charge is 0.340 e. The van der Waals surface area contributed by atoms with Crippen molar-refractivity contribution in [2.75, 3.05) is 17.0 Å². The zero-order valence-electron chi connectivity index (χ0n) is 11.7. The highest BCUT2D eigenvalue weighted by Gasteiger charge is 2.06. The van der Waals surface area contributed by atoms with E-state index in [0.717, 1.165) is 24.3 Å². The summed E-state index contributed by atoms with van der Waals surface area (Å²) in [5.74, 6) is 6.77. The van der Waals surface area contributed by atoms with Crippen LogP contribution in [0, 0.1) is 0 Å². The van der Waals surface area contributed by atoms with Gasteiger partial charge in [-0.05, 0) is 24.3 Å². The molecule has 0 bridgehead atoms. The smallest absolute Gasteiger partial charge is 0.191 e. The third-order valence-corrected chi connectivity index (χ3v) is 3.38. The number of thioether (sulfide) groups is 1. The number of benzene rings is 1. The Morgan fingerprint density at radius 1 is 1.20 bits per heavy atom. The summed E-state index contributed by atoms with van der Waals surface area (Å²) in [5, 5.41) is 4.02. The number of nitrogens with zero attached hydrogens (tertiary/aromatic N) is 2. The maximum absolute atomic E-state index is 5.44. The first-order chi connectivity index (χ1) is 9.76. The Morgan fingerprint density at radius 3 is 2.65 bits per heavy atom. The maximum atomic E-state index is 5.44. The van der Waals surface area contributed by atoms with E-state index in [1.165, 1.54) is 17.3 Å². The molecule has 0 aliphatic heterocycles. The summed E-state index contributed by atoms with van der Waals surface area (Å²) in [6.07, 6.45) is 4.07. The summed E-state index contributed by atoms with van der Waals surface area (Å²) in [5.41, 5.74) is 4.91. The number of nitrogens with two attached hydrogens (primary N) is 1. The van der Waals surface area contributed by atoms with Gasteiger partial charge in [-0.25, -0.2) is 15.8 Å². The first-order valence-electron chi connectivity index (χ1n) is 6.51. The molecule has 0 fully saturated rings. The Bertz CT molecular complexity index is 551. The zero-order chi connectivity index (χ0) is 14.4. The SMILES string of the molecule is CCCc1ccccc1Nc1cc(NN)nc(SC)n1. The van der Waals surface area contributed by atoms with E-state index in [0.29, 0.717) is 11.0 Å². The van der Waals surface area contributed by atoms with Crippen LogP contribution in [0.15, 0.2) is 35.5 Å². The normalized spacial score (nSPS) is 10.3. The standard InChI is InChI=1S/C14H19N5S/c1-3-6-10-7-4-5-8-11(10)16-12-9-13(19-15)18-14(17-12)20-2/h4-5,7-9H,3,6,15H2,1-2H3,(H2,16,17,18,19). The quantitative estimate of drug-likeness (QED) is 0.328. The summed E-state index contributed by atoms with van der Waals surface area (Å²) in [4.78, 5) is 8.69. The number of anilines is 3. The van der Waals surface area contributed by atoms with Crippen LogP contribution in [0.2, 0.25) is 0 Å². The van der Waals surface area contributed by atoms with Gasteiger partial charge in [-0.1, -0.05) is 43.3 Å². The van der Waals surface area contributed by atoms with Gasteiger partial charge in [-0.3, -0.25) is 0 Å². The van der Waals surface area contributed by atoms with Gasteiger partial charge in [0.15, 0.2) is 5.16 Å². The lowest BCUT2D eigenvalue weighted by atomic mass is 10.1. The van der Waals surface area contributed by atoms with E-state index in [1.54, 1.807) is 6.07 Å². The third kappa shape index (κ3) is 3.61. The molecule has 0 atom stereocenters. The van der Waals surface area contributed by atoms with Crippen molar-refractivity contribution in [3.8, 4) is 0 Å². The lowest BCUT2D eigenvalue weighted by Crippen LogP contribution is -2.10. The molecule has 0 radical (unpaired) electrons. The van der Waals surface area contributed by atoms with Gasteiger partial charge in [-0.2, -0.15) is 0 Å². The van der Waals surface area contributed by atoms with Gasteiger partial charge in [0.1, 0.15) is 11.6 Å². The molecule has 4 N–H and O–H groups in total. The molecule has 20 heavy (non-hydrogen) atoms. The minimum absolute atomic E-state index is 0.597. The van der Waals surface area contributed by atoms with Crippen LogP contribution in [0.4, 0.5) is 17.3 Å². The molecule has 0 aliphatic rings. The molecule has 0 amide bonds. The highest BCUT2D eigenvalue weighted by Crippen LogP contribution is 2.23. The minimum atomic E-state index is 0.597. The summed E-state index contributed by atoms with van der Waals surface area (Å²) in [6.45, 7) is 2.17. The highest BCUT2D eigenvalue weighted by atomic mass is 32.2. The molecule has 1 aromatic heterocycles. The number of hydrogen-bond acceptors (Lipinski definition) is 6. The molecule has 5 nitrogen and oxygen atoms in total. The van der Waals surface area contributed by atoms with Gasteiger partial charge in [0.25, 0.3) is 0 Å². The molecule has 1 aromatic carbocycles. The molecule has 0 aliphatic carbocycles. The second kappa shape index (κ2) is 7.12. The first kappa shape index (κ1) is 14.6. The van der Waals surface area contributed by atoms with Crippen molar-refractivity contribution in [1.82, 2.24) is 9.97 Å². The van der Waals surface area contributed by atoms with Crippen LogP contribution in [0.25, 0.3) is 0 Å². The van der Waals surface area contributed by atoms with Crippen molar-refractivity contribution in [3.63, 3.8) is 0 Å². The van der Waals surface area contributed by atoms with Crippen LogP contribution in [0.3, 0.4) is 0 Å².